The van der Waals surface area contributed by atoms with Gasteiger partial charge in [-0.15, -0.1) is 0 Å². The molecular weight excluding hydrogens is 266 g/mol. The topological polar surface area (TPSA) is 67.2 Å². The average molecular weight is 285 g/mol. The fraction of sp³-hybridized carbons (Fsp3) is 0.375. The van der Waals surface area contributed by atoms with Crippen LogP contribution in [-0.4, -0.2) is 27.1 Å². The molecule has 0 fully saturated rings. The van der Waals surface area contributed by atoms with Crippen molar-refractivity contribution in [2.75, 3.05) is 6.54 Å². The SMILES string of the molecule is O=C(NCC1CCn2ccnc2C1)[C@@H](O)c1ccccc1. The van der Waals surface area contributed by atoms with Crippen molar-refractivity contribution in [3.05, 3.63) is 54.1 Å². The number of benzene rings is 1. The lowest BCUT2D eigenvalue weighted by Crippen LogP contribution is -2.36. The zero-order chi connectivity index (χ0) is 14.7. The highest BCUT2D eigenvalue weighted by atomic mass is 16.3. The van der Waals surface area contributed by atoms with Gasteiger partial charge in [-0.05, 0) is 17.9 Å². The summed E-state index contributed by atoms with van der Waals surface area (Å²) in [6.45, 7) is 1.52. The van der Waals surface area contributed by atoms with Crippen LogP contribution in [0, 0.1) is 5.92 Å². The van der Waals surface area contributed by atoms with Gasteiger partial charge in [-0.3, -0.25) is 4.79 Å². The molecule has 0 spiro atoms. The number of hydrogen-bond donors (Lipinski definition) is 2. The third-order valence-corrected chi connectivity index (χ3v) is 3.98. The van der Waals surface area contributed by atoms with Crippen LogP contribution in [0.3, 0.4) is 0 Å². The Bertz CT molecular complexity index is 609. The number of nitrogens with one attached hydrogen (secondary N) is 1. The molecule has 2 atom stereocenters. The summed E-state index contributed by atoms with van der Waals surface area (Å²) in [6, 6.07) is 8.99. The minimum atomic E-state index is -1.10. The smallest absolute Gasteiger partial charge is 0.253 e. The molecule has 1 amide bonds. The molecule has 0 radical (unpaired) electrons. The second-order valence-corrected chi connectivity index (χ2v) is 5.45. The molecule has 1 aromatic heterocycles. The molecular formula is C16H19N3O2. The van der Waals surface area contributed by atoms with Gasteiger partial charge < -0.3 is 15.0 Å². The van der Waals surface area contributed by atoms with Crippen molar-refractivity contribution in [2.45, 2.75) is 25.5 Å². The number of carbonyl (C=O) groups is 1. The maximum Gasteiger partial charge on any atom is 0.253 e. The number of imidazole rings is 1. The molecule has 1 aromatic carbocycles. The summed E-state index contributed by atoms with van der Waals surface area (Å²) >= 11 is 0. The summed E-state index contributed by atoms with van der Waals surface area (Å²) in [5.74, 6) is 1.12. The summed E-state index contributed by atoms with van der Waals surface area (Å²) < 4.78 is 2.15. The zero-order valence-corrected chi connectivity index (χ0v) is 11.8. The van der Waals surface area contributed by atoms with Crippen LogP contribution in [-0.2, 0) is 17.8 Å². The van der Waals surface area contributed by atoms with E-state index in [0.717, 1.165) is 25.2 Å². The first-order valence-electron chi connectivity index (χ1n) is 7.25. The van der Waals surface area contributed by atoms with E-state index in [4.69, 9.17) is 0 Å². The van der Waals surface area contributed by atoms with Gasteiger partial charge in [0.05, 0.1) is 0 Å². The number of aryl methyl sites for hydroxylation is 1. The van der Waals surface area contributed by atoms with E-state index in [0.29, 0.717) is 18.0 Å². The van der Waals surface area contributed by atoms with Crippen molar-refractivity contribution in [3.63, 3.8) is 0 Å². The van der Waals surface area contributed by atoms with E-state index in [1.54, 1.807) is 12.1 Å². The molecule has 1 aliphatic rings. The number of aromatic nitrogens is 2. The molecule has 0 saturated heterocycles. The molecule has 5 nitrogen and oxygen atoms in total. The minimum absolute atomic E-state index is 0.338. The molecule has 2 aromatic rings. The van der Waals surface area contributed by atoms with Gasteiger partial charge in [0, 0.05) is 31.9 Å². The van der Waals surface area contributed by atoms with Crippen LogP contribution in [0.5, 0.6) is 0 Å². The van der Waals surface area contributed by atoms with Crippen molar-refractivity contribution in [2.24, 2.45) is 5.92 Å². The molecule has 110 valence electrons. The number of carbonyl (C=O) groups excluding carboxylic acids is 1. The van der Waals surface area contributed by atoms with Gasteiger partial charge in [0.25, 0.3) is 5.91 Å². The van der Waals surface area contributed by atoms with Crippen LogP contribution in [0.25, 0.3) is 0 Å². The lowest BCUT2D eigenvalue weighted by molar-refractivity contribution is -0.129. The molecule has 0 bridgehead atoms. The van der Waals surface area contributed by atoms with Crippen LogP contribution < -0.4 is 5.32 Å². The maximum absolute atomic E-state index is 12.0. The highest BCUT2D eigenvalue weighted by Gasteiger charge is 2.22. The number of amides is 1. The van der Waals surface area contributed by atoms with E-state index in [9.17, 15) is 9.90 Å². The van der Waals surface area contributed by atoms with Crippen LogP contribution >= 0.6 is 0 Å². The summed E-state index contributed by atoms with van der Waals surface area (Å²) in [5.41, 5.74) is 0.620. The Labute approximate surface area is 123 Å². The van der Waals surface area contributed by atoms with Gasteiger partial charge in [-0.1, -0.05) is 30.3 Å². The van der Waals surface area contributed by atoms with Crippen molar-refractivity contribution in [1.29, 1.82) is 0 Å². The third-order valence-electron chi connectivity index (χ3n) is 3.98. The van der Waals surface area contributed by atoms with Gasteiger partial charge in [0.15, 0.2) is 6.10 Å². The Morgan fingerprint density at radius 2 is 2.24 bits per heavy atom. The number of hydrogen-bond acceptors (Lipinski definition) is 3. The Hall–Kier alpha value is -2.14. The Morgan fingerprint density at radius 3 is 3.05 bits per heavy atom. The molecule has 5 heteroatoms. The van der Waals surface area contributed by atoms with E-state index in [2.05, 4.69) is 14.9 Å². The van der Waals surface area contributed by atoms with Crippen molar-refractivity contribution in [1.82, 2.24) is 14.9 Å². The molecule has 0 aliphatic carbocycles. The fourth-order valence-electron chi connectivity index (χ4n) is 2.72. The fourth-order valence-corrected chi connectivity index (χ4v) is 2.72. The Balaban J connectivity index is 1.53. The van der Waals surface area contributed by atoms with Crippen LogP contribution in [0.2, 0.25) is 0 Å². The molecule has 2 N–H and O–H groups in total. The zero-order valence-electron chi connectivity index (χ0n) is 11.8. The van der Waals surface area contributed by atoms with Crippen molar-refractivity contribution in [3.8, 4) is 0 Å². The molecule has 21 heavy (non-hydrogen) atoms. The highest BCUT2D eigenvalue weighted by Crippen LogP contribution is 2.19. The molecule has 1 unspecified atom stereocenters. The molecule has 3 rings (SSSR count). The predicted octanol–water partition coefficient (Wildman–Crippen LogP) is 1.30. The highest BCUT2D eigenvalue weighted by molar-refractivity contribution is 5.81. The molecule has 1 aliphatic heterocycles. The quantitative estimate of drug-likeness (QED) is 0.889. The monoisotopic (exact) mass is 285 g/mol. The van der Waals surface area contributed by atoms with E-state index in [1.165, 1.54) is 0 Å². The van der Waals surface area contributed by atoms with E-state index in [-0.39, 0.29) is 5.91 Å². The largest absolute Gasteiger partial charge is 0.378 e. The van der Waals surface area contributed by atoms with E-state index in [1.807, 2.05) is 30.6 Å². The van der Waals surface area contributed by atoms with Gasteiger partial charge >= 0.3 is 0 Å². The Kier molecular flexibility index (Phi) is 4.01. The maximum atomic E-state index is 12.0. The van der Waals surface area contributed by atoms with E-state index < -0.39 is 6.10 Å². The molecule has 2 heterocycles. The second-order valence-electron chi connectivity index (χ2n) is 5.45. The number of aliphatic hydroxyl groups excluding tert-OH is 1. The summed E-state index contributed by atoms with van der Waals surface area (Å²) in [5, 5.41) is 12.9. The van der Waals surface area contributed by atoms with E-state index >= 15 is 0 Å². The number of nitrogens with zero attached hydrogens (tertiary/aromatic N) is 2. The lowest BCUT2D eigenvalue weighted by atomic mass is 9.97. The van der Waals surface area contributed by atoms with Crippen molar-refractivity contribution < 1.29 is 9.90 Å². The summed E-state index contributed by atoms with van der Waals surface area (Å²) in [4.78, 5) is 16.3. The normalized spacial score (nSPS) is 18.8. The van der Waals surface area contributed by atoms with Gasteiger partial charge in [-0.2, -0.15) is 0 Å². The van der Waals surface area contributed by atoms with Gasteiger partial charge in [0.2, 0.25) is 0 Å². The first-order valence-corrected chi connectivity index (χ1v) is 7.25. The number of fused-ring (bicyclic) bond motifs is 1. The molecule has 0 saturated carbocycles. The van der Waals surface area contributed by atoms with Crippen molar-refractivity contribution >= 4 is 5.91 Å². The average Bonchev–Trinajstić information content (AvgIpc) is 3.00. The van der Waals surface area contributed by atoms with Crippen LogP contribution in [0.15, 0.2) is 42.7 Å². The number of rotatable bonds is 4. The van der Waals surface area contributed by atoms with Crippen LogP contribution in [0.1, 0.15) is 23.9 Å². The summed E-state index contributed by atoms with van der Waals surface area (Å²) in [6.07, 6.45) is 4.59. The van der Waals surface area contributed by atoms with Gasteiger partial charge in [0.1, 0.15) is 5.82 Å². The lowest BCUT2D eigenvalue weighted by Gasteiger charge is -2.24. The predicted molar refractivity (Wildman–Crippen MR) is 78.4 cm³/mol. The second kappa shape index (κ2) is 6.10. The van der Waals surface area contributed by atoms with Gasteiger partial charge in [-0.25, -0.2) is 4.98 Å². The third kappa shape index (κ3) is 3.13. The minimum Gasteiger partial charge on any atom is -0.378 e. The first kappa shape index (κ1) is 13.8. The standard InChI is InChI=1S/C16H19N3O2/c20-15(13-4-2-1-3-5-13)16(21)18-11-12-6-8-19-9-7-17-14(19)10-12/h1-5,7,9,12,15,20H,6,8,10-11H2,(H,18,21)/t12?,15-/m0/s1. The Morgan fingerprint density at radius 1 is 1.43 bits per heavy atom. The first-order chi connectivity index (χ1) is 10.2. The number of aliphatic hydroxyl groups is 1. The summed E-state index contributed by atoms with van der Waals surface area (Å²) in [7, 11) is 0. The van der Waals surface area contributed by atoms with Crippen LogP contribution in [0.4, 0.5) is 0 Å².